The van der Waals surface area contributed by atoms with Gasteiger partial charge in [0.2, 0.25) is 0 Å². The predicted molar refractivity (Wildman–Crippen MR) is 90.4 cm³/mol. The zero-order chi connectivity index (χ0) is 15.4. The van der Waals surface area contributed by atoms with Crippen molar-refractivity contribution in [3.63, 3.8) is 0 Å². The summed E-state index contributed by atoms with van der Waals surface area (Å²) in [6.07, 6.45) is 0. The third-order valence-electron chi connectivity index (χ3n) is 3.70. The van der Waals surface area contributed by atoms with Crippen molar-refractivity contribution in [1.29, 1.82) is 0 Å². The molecule has 0 bridgehead atoms. The first kappa shape index (κ1) is 14.2. The molecule has 0 heterocycles. The first-order valence-electron chi connectivity index (χ1n) is 7.21. The van der Waals surface area contributed by atoms with Crippen LogP contribution in [-0.2, 0) is 0 Å². The Balaban J connectivity index is 2.22. The molecule has 0 aliphatic rings. The van der Waals surface area contributed by atoms with Gasteiger partial charge in [-0.25, -0.2) is 0 Å². The lowest BCUT2D eigenvalue weighted by atomic mass is 9.97. The third-order valence-corrected chi connectivity index (χ3v) is 3.70. The molecule has 2 heteroatoms. The van der Waals surface area contributed by atoms with E-state index in [-0.39, 0.29) is 0 Å². The lowest BCUT2D eigenvalue weighted by molar-refractivity contribution is 0.411. The summed E-state index contributed by atoms with van der Waals surface area (Å²) >= 11 is 0. The van der Waals surface area contributed by atoms with E-state index in [4.69, 9.17) is 9.47 Å². The fourth-order valence-electron chi connectivity index (χ4n) is 2.68. The van der Waals surface area contributed by atoms with Gasteiger partial charge in [0.15, 0.2) is 0 Å². The van der Waals surface area contributed by atoms with Gasteiger partial charge in [0.1, 0.15) is 11.5 Å². The Labute approximate surface area is 131 Å². The minimum Gasteiger partial charge on any atom is -0.496 e. The average molecular weight is 290 g/mol. The Kier molecular flexibility index (Phi) is 4.10. The maximum absolute atomic E-state index is 5.73. The van der Waals surface area contributed by atoms with Crippen LogP contribution in [0.3, 0.4) is 0 Å². The molecular weight excluding hydrogens is 272 g/mol. The van der Waals surface area contributed by atoms with Crippen molar-refractivity contribution in [3.05, 3.63) is 72.8 Å². The fraction of sp³-hybridized carbons (Fsp3) is 0.100. The van der Waals surface area contributed by atoms with Gasteiger partial charge in [-0.3, -0.25) is 0 Å². The molecule has 0 aromatic heterocycles. The molecule has 0 fully saturated rings. The summed E-state index contributed by atoms with van der Waals surface area (Å²) in [5.41, 5.74) is 4.27. The second kappa shape index (κ2) is 6.35. The number of hydrogen-bond acceptors (Lipinski definition) is 2. The van der Waals surface area contributed by atoms with Gasteiger partial charge in [-0.05, 0) is 11.6 Å². The van der Waals surface area contributed by atoms with E-state index in [0.29, 0.717) is 0 Å². The van der Waals surface area contributed by atoms with Crippen molar-refractivity contribution in [2.45, 2.75) is 0 Å². The molecule has 0 aliphatic carbocycles. The highest BCUT2D eigenvalue weighted by Gasteiger charge is 2.14. The minimum atomic E-state index is 0.839. The van der Waals surface area contributed by atoms with E-state index in [0.717, 1.165) is 33.8 Å². The first-order valence-corrected chi connectivity index (χ1v) is 7.21. The van der Waals surface area contributed by atoms with E-state index < -0.39 is 0 Å². The van der Waals surface area contributed by atoms with Crippen molar-refractivity contribution >= 4 is 0 Å². The largest absolute Gasteiger partial charge is 0.496 e. The third kappa shape index (κ3) is 2.56. The Morgan fingerprint density at radius 1 is 0.545 bits per heavy atom. The van der Waals surface area contributed by atoms with Crippen molar-refractivity contribution in [2.75, 3.05) is 14.2 Å². The molecule has 0 spiro atoms. The average Bonchev–Trinajstić information content (AvgIpc) is 2.61. The zero-order valence-electron chi connectivity index (χ0n) is 12.7. The number of ether oxygens (including phenoxy) is 2. The van der Waals surface area contributed by atoms with Crippen LogP contribution in [0, 0.1) is 0 Å². The van der Waals surface area contributed by atoms with Crippen LogP contribution in [0.4, 0.5) is 0 Å². The highest BCUT2D eigenvalue weighted by atomic mass is 16.5. The van der Waals surface area contributed by atoms with Crippen LogP contribution < -0.4 is 9.47 Å². The number of hydrogen-bond donors (Lipinski definition) is 0. The molecule has 0 unspecified atom stereocenters. The van der Waals surface area contributed by atoms with Crippen molar-refractivity contribution < 1.29 is 9.47 Å². The van der Waals surface area contributed by atoms with Gasteiger partial charge in [-0.15, -0.1) is 0 Å². The van der Waals surface area contributed by atoms with Gasteiger partial charge in [-0.2, -0.15) is 0 Å². The monoisotopic (exact) mass is 290 g/mol. The Hall–Kier alpha value is -2.74. The van der Waals surface area contributed by atoms with E-state index in [9.17, 15) is 0 Å². The van der Waals surface area contributed by atoms with Gasteiger partial charge < -0.3 is 9.47 Å². The van der Waals surface area contributed by atoms with E-state index >= 15 is 0 Å². The summed E-state index contributed by atoms with van der Waals surface area (Å²) in [5, 5.41) is 0. The fourth-order valence-corrected chi connectivity index (χ4v) is 2.68. The molecule has 3 aromatic rings. The minimum absolute atomic E-state index is 0.839. The van der Waals surface area contributed by atoms with Crippen molar-refractivity contribution in [1.82, 2.24) is 0 Å². The molecule has 0 saturated carbocycles. The van der Waals surface area contributed by atoms with Gasteiger partial charge in [0.05, 0.1) is 14.2 Å². The van der Waals surface area contributed by atoms with Crippen LogP contribution in [0.25, 0.3) is 22.3 Å². The molecule has 3 rings (SSSR count). The molecule has 0 atom stereocenters. The molecule has 0 saturated heterocycles. The van der Waals surface area contributed by atoms with Gasteiger partial charge in [-0.1, -0.05) is 66.7 Å². The highest BCUT2D eigenvalue weighted by Crippen LogP contribution is 2.41. The van der Waals surface area contributed by atoms with Crippen LogP contribution in [0.2, 0.25) is 0 Å². The van der Waals surface area contributed by atoms with Gasteiger partial charge >= 0.3 is 0 Å². The number of para-hydroxylation sites is 2. The van der Waals surface area contributed by atoms with Crippen molar-refractivity contribution in [3.8, 4) is 33.8 Å². The van der Waals surface area contributed by atoms with Gasteiger partial charge in [0, 0.05) is 16.7 Å². The van der Waals surface area contributed by atoms with Crippen LogP contribution >= 0.6 is 0 Å². The molecule has 2 nitrogen and oxygen atoms in total. The summed E-state index contributed by atoms with van der Waals surface area (Å²) in [4.78, 5) is 0. The van der Waals surface area contributed by atoms with Crippen LogP contribution in [0.1, 0.15) is 0 Å². The lowest BCUT2D eigenvalue weighted by Gasteiger charge is -2.16. The van der Waals surface area contributed by atoms with E-state index in [2.05, 4.69) is 24.3 Å². The Morgan fingerprint density at radius 3 is 1.91 bits per heavy atom. The smallest absolute Gasteiger partial charge is 0.134 e. The summed E-state index contributed by atoms with van der Waals surface area (Å²) < 4.78 is 11.2. The summed E-state index contributed by atoms with van der Waals surface area (Å²) in [6.45, 7) is 0. The lowest BCUT2D eigenvalue weighted by Crippen LogP contribution is -1.94. The molecule has 0 N–H and O–H groups in total. The maximum atomic E-state index is 5.73. The molecule has 22 heavy (non-hydrogen) atoms. The molecule has 0 aliphatic heterocycles. The van der Waals surface area contributed by atoms with E-state index in [1.54, 1.807) is 14.2 Å². The number of methoxy groups -OCH3 is 2. The van der Waals surface area contributed by atoms with Crippen molar-refractivity contribution in [2.24, 2.45) is 0 Å². The second-order valence-corrected chi connectivity index (χ2v) is 4.95. The Bertz CT molecular complexity index is 764. The van der Waals surface area contributed by atoms with Crippen LogP contribution in [-0.4, -0.2) is 14.2 Å². The predicted octanol–water partition coefficient (Wildman–Crippen LogP) is 5.04. The standard InChI is InChI=1S/C20H18O2/c1-21-19-14-7-6-11-17(19)18-13-8-12-16(20(18)22-2)15-9-4-3-5-10-15/h3-14H,1-2H3. The summed E-state index contributed by atoms with van der Waals surface area (Å²) in [6, 6.07) is 24.4. The second-order valence-electron chi connectivity index (χ2n) is 4.95. The van der Waals surface area contributed by atoms with Gasteiger partial charge in [0.25, 0.3) is 0 Å². The zero-order valence-corrected chi connectivity index (χ0v) is 12.7. The van der Waals surface area contributed by atoms with Crippen LogP contribution in [0.5, 0.6) is 11.5 Å². The molecule has 110 valence electrons. The highest BCUT2D eigenvalue weighted by molar-refractivity contribution is 5.84. The Morgan fingerprint density at radius 2 is 1.18 bits per heavy atom. The summed E-state index contributed by atoms with van der Waals surface area (Å²) in [7, 11) is 3.40. The molecule has 3 aromatic carbocycles. The molecule has 0 radical (unpaired) electrons. The van der Waals surface area contributed by atoms with E-state index in [1.807, 2.05) is 48.5 Å². The first-order chi connectivity index (χ1) is 10.8. The normalized spacial score (nSPS) is 10.3. The van der Waals surface area contributed by atoms with E-state index in [1.165, 1.54) is 0 Å². The number of benzene rings is 3. The molecule has 0 amide bonds. The van der Waals surface area contributed by atoms with Crippen LogP contribution in [0.15, 0.2) is 72.8 Å². The topological polar surface area (TPSA) is 18.5 Å². The maximum Gasteiger partial charge on any atom is 0.134 e. The quantitative estimate of drug-likeness (QED) is 0.670. The molecular formula is C20H18O2. The SMILES string of the molecule is COc1ccccc1-c1cccc(-c2ccccc2)c1OC. The summed E-state index contributed by atoms with van der Waals surface area (Å²) in [5.74, 6) is 1.70. The number of rotatable bonds is 4.